The first kappa shape index (κ1) is 88.8. The average molecular weight is 1840 g/mol. The van der Waals surface area contributed by atoms with Gasteiger partial charge in [-0.3, -0.25) is 63.6 Å². The molecule has 37 nitrogen and oxygen atoms in total. The first-order valence-electron chi connectivity index (χ1n) is 40.8. The van der Waals surface area contributed by atoms with Crippen molar-refractivity contribution in [2.45, 2.75) is 131 Å². The van der Waals surface area contributed by atoms with Crippen LogP contribution < -0.4 is 57.3 Å². The SMILES string of the molecule is COc1c(C)cnc(CN2C(=O)/C(=C\c3ncc(CN4CCC(O)CC4)[nH]3)c3c(Cl)nc(N)nc32)c1C.COc1c(C)cnc(CN2C(=O)/C(=C\c3ncc(CNC4CCC(O)CC4)[nH]3)c3c(Cl)nc(N)nc32)c1C.Cc1cnc(CN2C(=O)/C(=C\c3ccc[nH]3)c3c(Cl)nc(N)nc32)cn1.Nc1nc(Cl)c2c(n1)N(Cc1ccc3ncsc3c1)C(=O)/C2=C\c1ccc[nH]1. The maximum absolute atomic E-state index is 13.7. The lowest BCUT2D eigenvalue weighted by Gasteiger charge is -2.28. The number of halogens is 4. The number of amides is 4. The molecule has 12 aromatic heterocycles. The van der Waals surface area contributed by atoms with Crippen molar-refractivity contribution in [3.8, 4) is 11.5 Å². The summed E-state index contributed by atoms with van der Waals surface area (Å²) in [4.78, 5) is 139. The smallest absolute Gasteiger partial charge is 0.260 e. The van der Waals surface area contributed by atoms with Gasteiger partial charge in [-0.2, -0.15) is 19.9 Å². The molecule has 0 bridgehead atoms. The number of aliphatic hydroxyl groups is 2. The van der Waals surface area contributed by atoms with Crippen LogP contribution >= 0.6 is 57.7 Å². The minimum absolute atomic E-state index is 0.00247. The topological polar surface area (TPSA) is 516 Å². The third-order valence-electron chi connectivity index (χ3n) is 22.4. The minimum atomic E-state index is -0.306. The largest absolute Gasteiger partial charge is 0.496 e. The van der Waals surface area contributed by atoms with Crippen LogP contribution in [0.4, 0.5) is 47.1 Å². The lowest BCUT2D eigenvalue weighted by molar-refractivity contribution is -0.113. The standard InChI is InChI=1S/C26H31ClN8O3.C25H29ClN8O3.C19H13ClN6OS.C17H14ClN7O/c1-13-9-30-19(14(2)22(13)38-3)12-35-24-21(23(27)33-26(28)34-24)18(25(35)37)8-20-31-11-16(32-20)10-29-15-4-6-17(36)7-5-15;1-13-9-28-18(14(2)21(13)37-3)12-34-23-20(22(26)31-25(27)32-23)17(24(34)36)8-19-29-10-15(30-19)11-33-6-4-16(35)5-7-33;20-16-15-12(7-11-2-1-5-22-11)18(27)26(17(15)25-19(21)24-16)8-10-3-4-13-14(6-10)28-9-23-13;1-9-6-22-11(7-21-9)8-25-15-13(14(18)23-17(19)24-15)12(16(25)26)5-10-3-2-4-20-10/h8-9,11,15,17,29,36H,4-7,10,12H2,1-3H3,(H,31,32)(H2,28,33,34);8-10,16,35H,4-7,11-12H2,1-3H3,(H,29,30)(H2,27,31,32);1-7,9,22H,8H2,(H2,21,24,25);2-7,20H,8H2,1H3,(H2,19,23,24)/b18-8-;17-8-;12-7-;12-5-. The summed E-state index contributed by atoms with van der Waals surface area (Å²) >= 11 is 27.1. The predicted octanol–water partition coefficient (Wildman–Crippen LogP) is 11.4. The molecule has 0 unspecified atom stereocenters. The molecule has 1 saturated heterocycles. The van der Waals surface area contributed by atoms with Crippen molar-refractivity contribution >= 4 is 185 Å². The lowest BCUT2D eigenvalue weighted by atomic mass is 9.93. The molecule has 42 heteroatoms. The van der Waals surface area contributed by atoms with Gasteiger partial charge in [0.15, 0.2) is 23.3 Å². The van der Waals surface area contributed by atoms with E-state index in [-0.39, 0.29) is 99.9 Å². The third kappa shape index (κ3) is 19.2. The summed E-state index contributed by atoms with van der Waals surface area (Å²) < 4.78 is 12.1. The Morgan fingerprint density at radius 1 is 0.488 bits per heavy atom. The van der Waals surface area contributed by atoms with Gasteiger partial charge in [-0.1, -0.05) is 52.5 Å². The van der Waals surface area contributed by atoms with E-state index in [1.165, 1.54) is 14.7 Å². The van der Waals surface area contributed by atoms with E-state index >= 15 is 0 Å². The molecule has 0 spiro atoms. The molecule has 662 valence electrons. The number of methoxy groups -OCH3 is 2. The van der Waals surface area contributed by atoms with Crippen LogP contribution in [0.3, 0.4) is 0 Å². The van der Waals surface area contributed by atoms with Gasteiger partial charge in [0.25, 0.3) is 23.6 Å². The van der Waals surface area contributed by atoms with Crippen molar-refractivity contribution in [1.82, 2.24) is 105 Å². The number of imidazole rings is 2. The number of rotatable bonds is 19. The first-order chi connectivity index (χ1) is 62.1. The normalized spacial score (nSPS) is 17.3. The van der Waals surface area contributed by atoms with E-state index in [1.807, 2.05) is 77.1 Å². The van der Waals surface area contributed by atoms with Gasteiger partial charge in [0.1, 0.15) is 43.8 Å². The van der Waals surface area contributed by atoms with E-state index in [9.17, 15) is 29.4 Å². The summed E-state index contributed by atoms with van der Waals surface area (Å²) in [5.41, 5.74) is 39.8. The van der Waals surface area contributed by atoms with Crippen LogP contribution in [0.5, 0.6) is 11.5 Å². The number of ether oxygens (including phenoxy) is 2. The molecule has 2 fully saturated rings. The van der Waals surface area contributed by atoms with Gasteiger partial charge in [0.05, 0.1) is 142 Å². The minimum Gasteiger partial charge on any atom is -0.496 e. The number of fused-ring (bicyclic) bond motifs is 5. The number of carbonyl (C=O) groups excluding carboxylic acids is 4. The van der Waals surface area contributed by atoms with Crippen molar-refractivity contribution in [2.24, 2.45) is 0 Å². The molecular formula is C87H87Cl4N29O8S. The summed E-state index contributed by atoms with van der Waals surface area (Å²) in [5, 5.41) is 23.4. The Labute approximate surface area is 761 Å². The molecular weight excluding hydrogens is 1750 g/mol. The van der Waals surface area contributed by atoms with E-state index in [0.29, 0.717) is 122 Å². The number of nitrogen functional groups attached to an aromatic ring is 4. The number of thiazole rings is 1. The fourth-order valence-electron chi connectivity index (χ4n) is 16.0. The van der Waals surface area contributed by atoms with Gasteiger partial charge >= 0.3 is 0 Å². The Morgan fingerprint density at radius 3 is 1.38 bits per heavy atom. The summed E-state index contributed by atoms with van der Waals surface area (Å²) in [5.74, 6) is 2.83. The van der Waals surface area contributed by atoms with Gasteiger partial charge < -0.3 is 67.9 Å². The Bertz CT molecular complexity index is 6600. The van der Waals surface area contributed by atoms with Crippen LogP contribution in [0.25, 0.3) is 56.8 Å². The molecule has 1 aliphatic carbocycles. The quantitative estimate of drug-likeness (QED) is 0.0264. The zero-order valence-corrected chi connectivity index (χ0v) is 74.5. The number of aliphatic hydroxyl groups excluding tert-OH is 2. The maximum atomic E-state index is 13.7. The molecule has 0 atom stereocenters. The molecule has 17 heterocycles. The number of anilines is 8. The zero-order valence-electron chi connectivity index (χ0n) is 70.7. The molecule has 6 aliphatic rings. The average Bonchev–Trinajstić information content (AvgIpc) is 1.62. The number of carbonyl (C=O) groups is 4. The summed E-state index contributed by atoms with van der Waals surface area (Å²) in [6.07, 6.45) is 25.1. The van der Waals surface area contributed by atoms with Crippen LogP contribution in [0, 0.1) is 34.6 Å². The van der Waals surface area contributed by atoms with Crippen molar-refractivity contribution in [3.63, 3.8) is 0 Å². The number of piperidine rings is 1. The molecule has 1 saturated carbocycles. The van der Waals surface area contributed by atoms with Crippen LogP contribution in [0.2, 0.25) is 20.6 Å². The number of aryl methyl sites for hydroxylation is 3. The highest BCUT2D eigenvalue weighted by Crippen LogP contribution is 2.47. The van der Waals surface area contributed by atoms with Crippen LogP contribution in [-0.4, -0.2) is 179 Å². The van der Waals surface area contributed by atoms with Crippen molar-refractivity contribution in [1.29, 1.82) is 0 Å². The predicted molar refractivity (Wildman–Crippen MR) is 493 cm³/mol. The summed E-state index contributed by atoms with van der Waals surface area (Å²) in [6.45, 7) is 13.3. The van der Waals surface area contributed by atoms with E-state index in [1.54, 1.807) is 110 Å². The van der Waals surface area contributed by atoms with Crippen LogP contribution in [0.15, 0.2) is 97.5 Å². The fraction of sp³-hybridized carbons (Fsp3) is 0.276. The molecule has 129 heavy (non-hydrogen) atoms. The first-order valence-corrected chi connectivity index (χ1v) is 43.2. The molecule has 0 radical (unpaired) electrons. The van der Waals surface area contributed by atoms with E-state index in [0.717, 1.165) is 130 Å². The molecule has 15 N–H and O–H groups in total. The number of aromatic amines is 4. The highest BCUT2D eigenvalue weighted by Gasteiger charge is 2.43. The van der Waals surface area contributed by atoms with Gasteiger partial charge in [-0.15, -0.1) is 11.3 Å². The number of nitrogens with two attached hydrogens (primary N) is 4. The van der Waals surface area contributed by atoms with Gasteiger partial charge in [0, 0.05) is 121 Å². The summed E-state index contributed by atoms with van der Waals surface area (Å²) in [7, 11) is 3.22. The fourth-order valence-corrected chi connectivity index (χ4v) is 17.8. The molecule has 1 aromatic carbocycles. The number of benzene rings is 1. The highest BCUT2D eigenvalue weighted by molar-refractivity contribution is 7.16. The van der Waals surface area contributed by atoms with E-state index < -0.39 is 0 Å². The number of likely N-dealkylation sites (tertiary alicyclic amines) is 1. The maximum Gasteiger partial charge on any atom is 0.260 e. The Hall–Kier alpha value is -13.6. The van der Waals surface area contributed by atoms with Gasteiger partial charge in [0.2, 0.25) is 23.8 Å². The second kappa shape index (κ2) is 38.2. The van der Waals surface area contributed by atoms with Crippen LogP contribution in [-0.2, 0) is 58.4 Å². The van der Waals surface area contributed by atoms with Crippen LogP contribution in [0.1, 0.15) is 146 Å². The number of aromatic nitrogens is 19. The van der Waals surface area contributed by atoms with E-state index in [4.69, 9.17) is 78.8 Å². The number of pyridine rings is 2. The van der Waals surface area contributed by atoms with Gasteiger partial charge in [-0.25, -0.2) is 34.9 Å². The highest BCUT2D eigenvalue weighted by atomic mass is 35.5. The second-order valence-corrected chi connectivity index (χ2v) is 33.5. The number of nitrogens with one attached hydrogen (secondary N) is 5. The Kier molecular flexibility index (Phi) is 26.3. The molecule has 13 aromatic rings. The Balaban J connectivity index is 0.000000128. The molecule has 4 amide bonds. The molecule has 5 aliphatic heterocycles. The lowest BCUT2D eigenvalue weighted by Crippen LogP contribution is -2.35. The monoisotopic (exact) mass is 1840 g/mol. The second-order valence-electron chi connectivity index (χ2n) is 31.2. The zero-order chi connectivity index (χ0) is 90.7. The third-order valence-corrected chi connectivity index (χ3v) is 24.3. The number of nitrogens with zero attached hydrogens (tertiary/aromatic N) is 20. The van der Waals surface area contributed by atoms with Crippen molar-refractivity contribution in [2.75, 3.05) is 69.8 Å². The molecule has 19 rings (SSSR count). The van der Waals surface area contributed by atoms with Crippen molar-refractivity contribution < 1.29 is 38.9 Å². The number of H-pyrrole nitrogens is 4. The summed E-state index contributed by atoms with van der Waals surface area (Å²) in [6, 6.07) is 13.7. The number of hydrogen-bond acceptors (Lipinski definition) is 30. The van der Waals surface area contributed by atoms with Gasteiger partial charge in [-0.05, 0) is 139 Å². The number of hydrogen-bond donors (Lipinski definition) is 11. The Morgan fingerprint density at radius 2 is 0.930 bits per heavy atom. The van der Waals surface area contributed by atoms with E-state index in [2.05, 4.69) is 105 Å². The van der Waals surface area contributed by atoms with Crippen molar-refractivity contribution in [3.05, 3.63) is 225 Å².